The SMILES string of the molecule is Cc1nc2c3cccnc3c3ncccc3c2nc1C#N. The van der Waals surface area contributed by atoms with E-state index >= 15 is 0 Å². The Balaban J connectivity index is 2.39. The van der Waals surface area contributed by atoms with Crippen LogP contribution >= 0.6 is 0 Å². The quantitative estimate of drug-likeness (QED) is 0.460. The van der Waals surface area contributed by atoms with Crippen molar-refractivity contribution in [1.29, 1.82) is 5.26 Å². The van der Waals surface area contributed by atoms with Crippen molar-refractivity contribution in [2.24, 2.45) is 0 Å². The lowest BCUT2D eigenvalue weighted by Crippen LogP contribution is -1.97. The van der Waals surface area contributed by atoms with E-state index in [-0.39, 0.29) is 0 Å². The number of aromatic nitrogens is 4. The molecule has 0 N–H and O–H groups in total. The summed E-state index contributed by atoms with van der Waals surface area (Å²) in [5.41, 5.74) is 4.01. The topological polar surface area (TPSA) is 75.3 Å². The molecule has 5 nitrogen and oxygen atoms in total. The molecule has 0 aliphatic rings. The van der Waals surface area contributed by atoms with Crippen LogP contribution in [0.5, 0.6) is 0 Å². The fourth-order valence-electron chi connectivity index (χ4n) is 2.57. The molecule has 21 heavy (non-hydrogen) atoms. The number of nitrogens with zero attached hydrogens (tertiary/aromatic N) is 5. The second-order valence-corrected chi connectivity index (χ2v) is 4.77. The zero-order valence-corrected chi connectivity index (χ0v) is 11.2. The molecule has 0 spiro atoms. The molecule has 4 rings (SSSR count). The third-order valence-electron chi connectivity index (χ3n) is 3.53. The summed E-state index contributed by atoms with van der Waals surface area (Å²) in [5, 5.41) is 10.9. The lowest BCUT2D eigenvalue weighted by molar-refractivity contribution is 1.15. The summed E-state index contributed by atoms with van der Waals surface area (Å²) in [4.78, 5) is 17.9. The van der Waals surface area contributed by atoms with E-state index in [1.54, 1.807) is 19.3 Å². The molecule has 0 amide bonds. The first-order chi connectivity index (χ1) is 10.3. The van der Waals surface area contributed by atoms with Gasteiger partial charge in [0, 0.05) is 23.2 Å². The van der Waals surface area contributed by atoms with Gasteiger partial charge in [0.05, 0.1) is 22.2 Å². The molecule has 4 aromatic rings. The van der Waals surface area contributed by atoms with Crippen LogP contribution in [0.2, 0.25) is 0 Å². The van der Waals surface area contributed by atoms with Crippen LogP contribution in [0, 0.1) is 18.3 Å². The van der Waals surface area contributed by atoms with Gasteiger partial charge in [-0.15, -0.1) is 0 Å². The molecule has 5 heteroatoms. The first-order valence-corrected chi connectivity index (χ1v) is 6.49. The summed E-state index contributed by atoms with van der Waals surface area (Å²) in [6, 6.07) is 9.70. The molecule has 3 heterocycles. The van der Waals surface area contributed by atoms with Gasteiger partial charge in [0.25, 0.3) is 0 Å². The molecule has 0 unspecified atom stereocenters. The zero-order valence-electron chi connectivity index (χ0n) is 11.2. The van der Waals surface area contributed by atoms with E-state index < -0.39 is 0 Å². The number of rotatable bonds is 0. The van der Waals surface area contributed by atoms with E-state index in [1.807, 2.05) is 24.3 Å². The summed E-state index contributed by atoms with van der Waals surface area (Å²) in [6.07, 6.45) is 3.47. The smallest absolute Gasteiger partial charge is 0.162 e. The highest BCUT2D eigenvalue weighted by atomic mass is 14.8. The zero-order chi connectivity index (χ0) is 14.4. The van der Waals surface area contributed by atoms with Crippen molar-refractivity contribution in [3.05, 3.63) is 48.0 Å². The summed E-state index contributed by atoms with van der Waals surface area (Å²) >= 11 is 0. The monoisotopic (exact) mass is 271 g/mol. The van der Waals surface area contributed by atoms with Crippen molar-refractivity contribution in [2.75, 3.05) is 0 Å². The first-order valence-electron chi connectivity index (χ1n) is 6.49. The molecule has 0 bridgehead atoms. The van der Waals surface area contributed by atoms with E-state index in [0.29, 0.717) is 16.9 Å². The van der Waals surface area contributed by atoms with E-state index in [0.717, 1.165) is 27.3 Å². The second kappa shape index (κ2) is 4.18. The minimum Gasteiger partial charge on any atom is -0.254 e. The van der Waals surface area contributed by atoms with Crippen LogP contribution in [0.15, 0.2) is 36.7 Å². The van der Waals surface area contributed by atoms with E-state index in [2.05, 4.69) is 26.0 Å². The Morgan fingerprint density at radius 1 is 0.857 bits per heavy atom. The fraction of sp³-hybridized carbons (Fsp3) is 0.0625. The third-order valence-corrected chi connectivity index (χ3v) is 3.53. The molecule has 0 saturated carbocycles. The molecule has 98 valence electrons. The van der Waals surface area contributed by atoms with Crippen LogP contribution in [0.25, 0.3) is 32.8 Å². The third kappa shape index (κ3) is 1.56. The van der Waals surface area contributed by atoms with Crippen LogP contribution in [-0.2, 0) is 0 Å². The summed E-state index contributed by atoms with van der Waals surface area (Å²) in [5.74, 6) is 0. The van der Waals surface area contributed by atoms with Gasteiger partial charge in [0.2, 0.25) is 0 Å². The second-order valence-electron chi connectivity index (χ2n) is 4.77. The van der Waals surface area contributed by atoms with Gasteiger partial charge in [0.15, 0.2) is 5.69 Å². The number of hydrogen-bond donors (Lipinski definition) is 0. The number of hydrogen-bond acceptors (Lipinski definition) is 5. The van der Waals surface area contributed by atoms with Gasteiger partial charge in [-0.25, -0.2) is 9.97 Å². The Bertz CT molecular complexity index is 1060. The molecule has 0 aliphatic heterocycles. The van der Waals surface area contributed by atoms with Crippen molar-refractivity contribution in [1.82, 2.24) is 19.9 Å². The largest absolute Gasteiger partial charge is 0.254 e. The van der Waals surface area contributed by atoms with Crippen molar-refractivity contribution in [3.63, 3.8) is 0 Å². The highest BCUT2D eigenvalue weighted by Crippen LogP contribution is 2.30. The normalized spacial score (nSPS) is 11.0. The summed E-state index contributed by atoms with van der Waals surface area (Å²) in [7, 11) is 0. The van der Waals surface area contributed by atoms with Gasteiger partial charge in [-0.3, -0.25) is 9.97 Å². The molecule has 3 aromatic heterocycles. The van der Waals surface area contributed by atoms with Crippen LogP contribution in [0.1, 0.15) is 11.4 Å². The van der Waals surface area contributed by atoms with Crippen molar-refractivity contribution in [2.45, 2.75) is 6.92 Å². The number of aryl methyl sites for hydroxylation is 1. The van der Waals surface area contributed by atoms with Gasteiger partial charge >= 0.3 is 0 Å². The minimum absolute atomic E-state index is 0.343. The maximum atomic E-state index is 9.18. The van der Waals surface area contributed by atoms with E-state index in [1.165, 1.54) is 0 Å². The first kappa shape index (κ1) is 11.7. The average molecular weight is 271 g/mol. The van der Waals surface area contributed by atoms with Crippen molar-refractivity contribution in [3.8, 4) is 6.07 Å². The molecule has 0 saturated heterocycles. The summed E-state index contributed by atoms with van der Waals surface area (Å²) in [6.45, 7) is 1.79. The van der Waals surface area contributed by atoms with Crippen LogP contribution in [0.4, 0.5) is 0 Å². The molecular weight excluding hydrogens is 262 g/mol. The lowest BCUT2D eigenvalue weighted by atomic mass is 10.1. The number of nitriles is 1. The Morgan fingerprint density at radius 3 is 2.00 bits per heavy atom. The van der Waals surface area contributed by atoms with E-state index in [9.17, 15) is 5.26 Å². The van der Waals surface area contributed by atoms with Gasteiger partial charge in [-0.05, 0) is 31.2 Å². The highest BCUT2D eigenvalue weighted by molar-refractivity contribution is 6.20. The highest BCUT2D eigenvalue weighted by Gasteiger charge is 2.14. The minimum atomic E-state index is 0.343. The van der Waals surface area contributed by atoms with Gasteiger partial charge in [-0.1, -0.05) is 0 Å². The number of benzene rings is 1. The van der Waals surface area contributed by atoms with Crippen molar-refractivity contribution < 1.29 is 0 Å². The fourth-order valence-corrected chi connectivity index (χ4v) is 2.57. The predicted octanol–water partition coefficient (Wildman–Crippen LogP) is 2.91. The standard InChI is InChI=1S/C16H9N5/c1-9-12(8-17)21-16-11-5-3-7-19-14(11)13-10(15(16)20-9)4-2-6-18-13/h2-7H,1H3. The molecule has 0 radical (unpaired) electrons. The van der Waals surface area contributed by atoms with Gasteiger partial charge in [-0.2, -0.15) is 5.26 Å². The maximum Gasteiger partial charge on any atom is 0.162 e. The Labute approximate surface area is 119 Å². The van der Waals surface area contributed by atoms with Gasteiger partial charge in [0.1, 0.15) is 11.6 Å². The summed E-state index contributed by atoms with van der Waals surface area (Å²) < 4.78 is 0. The molecule has 1 aromatic carbocycles. The molecule has 0 fully saturated rings. The Kier molecular flexibility index (Phi) is 2.33. The Morgan fingerprint density at radius 2 is 1.43 bits per heavy atom. The number of fused-ring (bicyclic) bond motifs is 6. The van der Waals surface area contributed by atoms with Crippen LogP contribution < -0.4 is 0 Å². The maximum absolute atomic E-state index is 9.18. The van der Waals surface area contributed by atoms with Crippen molar-refractivity contribution >= 4 is 32.8 Å². The lowest BCUT2D eigenvalue weighted by Gasteiger charge is -2.08. The molecule has 0 atom stereocenters. The molecule has 0 aliphatic carbocycles. The van der Waals surface area contributed by atoms with Gasteiger partial charge < -0.3 is 0 Å². The van der Waals surface area contributed by atoms with Crippen LogP contribution in [0.3, 0.4) is 0 Å². The predicted molar refractivity (Wildman–Crippen MR) is 79.6 cm³/mol. The van der Waals surface area contributed by atoms with E-state index in [4.69, 9.17) is 0 Å². The van der Waals surface area contributed by atoms with Crippen LogP contribution in [-0.4, -0.2) is 19.9 Å². The Hall–Kier alpha value is -3.13. The number of pyridine rings is 2. The molecular formula is C16H9N5. The average Bonchev–Trinajstić information content (AvgIpc) is 2.54.